The number of hydrogen-bond donors (Lipinski definition) is 2. The quantitative estimate of drug-likeness (QED) is 0.512. The van der Waals surface area contributed by atoms with Gasteiger partial charge in [0, 0.05) is 24.8 Å². The maximum absolute atomic E-state index is 5.77. The summed E-state index contributed by atoms with van der Waals surface area (Å²) in [7, 11) is 0. The molecule has 22 heavy (non-hydrogen) atoms. The van der Waals surface area contributed by atoms with E-state index in [1.165, 1.54) is 32.1 Å². The second-order valence-electron chi connectivity index (χ2n) is 5.98. The summed E-state index contributed by atoms with van der Waals surface area (Å²) in [6.07, 6.45) is 7.56. The molecule has 0 radical (unpaired) electrons. The molecule has 0 aromatic heterocycles. The largest absolute Gasteiger partial charge is 0.494 e. The van der Waals surface area contributed by atoms with Crippen molar-refractivity contribution in [3.63, 3.8) is 0 Å². The lowest BCUT2D eigenvalue weighted by molar-refractivity contribution is 0.304. The molecular weight excluding hydrogens is 272 g/mol. The van der Waals surface area contributed by atoms with E-state index in [1.807, 2.05) is 0 Å². The number of anilines is 1. The Morgan fingerprint density at radius 3 is 2.36 bits per heavy atom. The monoisotopic (exact) mass is 306 g/mol. The van der Waals surface area contributed by atoms with Gasteiger partial charge in [0.25, 0.3) is 0 Å². The third kappa shape index (κ3) is 8.93. The molecule has 1 aromatic carbocycles. The van der Waals surface area contributed by atoms with Gasteiger partial charge in [0.1, 0.15) is 5.75 Å². The average Bonchev–Trinajstić information content (AvgIpc) is 2.55. The highest BCUT2D eigenvalue weighted by Gasteiger charge is 1.98. The van der Waals surface area contributed by atoms with E-state index in [9.17, 15) is 0 Å². The Balaban J connectivity index is 2.12. The topological polar surface area (TPSA) is 33.3 Å². The zero-order chi connectivity index (χ0) is 16.0. The lowest BCUT2D eigenvalue weighted by Gasteiger charge is -2.12. The molecule has 0 bridgehead atoms. The van der Waals surface area contributed by atoms with Gasteiger partial charge in [0.15, 0.2) is 0 Å². The Morgan fingerprint density at radius 1 is 0.955 bits per heavy atom. The van der Waals surface area contributed by atoms with E-state index in [0.29, 0.717) is 6.04 Å². The third-order valence-corrected chi connectivity index (χ3v) is 3.93. The second-order valence-corrected chi connectivity index (χ2v) is 5.98. The molecule has 1 aromatic rings. The second kappa shape index (κ2) is 12.3. The zero-order valence-corrected chi connectivity index (χ0v) is 14.7. The van der Waals surface area contributed by atoms with Gasteiger partial charge in [0.05, 0.1) is 6.61 Å². The summed E-state index contributed by atoms with van der Waals surface area (Å²) in [5.74, 6) is 0.971. The van der Waals surface area contributed by atoms with Crippen LogP contribution in [0, 0.1) is 0 Å². The summed E-state index contributed by atoms with van der Waals surface area (Å²) in [5.41, 5.74) is 1.15. The van der Waals surface area contributed by atoms with Crippen LogP contribution in [0.4, 0.5) is 5.69 Å². The Morgan fingerprint density at radius 2 is 1.68 bits per heavy atom. The van der Waals surface area contributed by atoms with Crippen molar-refractivity contribution >= 4 is 5.69 Å². The van der Waals surface area contributed by atoms with Gasteiger partial charge in [0.2, 0.25) is 0 Å². The van der Waals surface area contributed by atoms with Crippen molar-refractivity contribution in [3.05, 3.63) is 24.3 Å². The van der Waals surface area contributed by atoms with Crippen LogP contribution in [-0.2, 0) is 0 Å². The molecule has 1 rings (SSSR count). The van der Waals surface area contributed by atoms with E-state index < -0.39 is 0 Å². The van der Waals surface area contributed by atoms with Crippen LogP contribution in [0.2, 0.25) is 0 Å². The van der Waals surface area contributed by atoms with Crippen molar-refractivity contribution in [1.82, 2.24) is 5.32 Å². The van der Waals surface area contributed by atoms with Gasteiger partial charge in [-0.05, 0) is 44.0 Å². The predicted molar refractivity (Wildman–Crippen MR) is 96.9 cm³/mol. The van der Waals surface area contributed by atoms with E-state index in [-0.39, 0.29) is 0 Å². The van der Waals surface area contributed by atoms with E-state index in [4.69, 9.17) is 4.74 Å². The Kier molecular flexibility index (Phi) is 10.6. The van der Waals surface area contributed by atoms with Crippen LogP contribution in [0.1, 0.15) is 59.3 Å². The summed E-state index contributed by atoms with van der Waals surface area (Å²) in [4.78, 5) is 0. The number of hydrogen-bond acceptors (Lipinski definition) is 3. The molecule has 0 fully saturated rings. The van der Waals surface area contributed by atoms with Gasteiger partial charge in [-0.3, -0.25) is 0 Å². The third-order valence-electron chi connectivity index (χ3n) is 3.93. The molecule has 0 aliphatic heterocycles. The Labute approximate surface area is 136 Å². The highest BCUT2D eigenvalue weighted by Crippen LogP contribution is 2.16. The van der Waals surface area contributed by atoms with Crippen molar-refractivity contribution in [3.8, 4) is 5.75 Å². The van der Waals surface area contributed by atoms with Gasteiger partial charge >= 0.3 is 0 Å². The lowest BCUT2D eigenvalue weighted by Crippen LogP contribution is -2.30. The molecule has 0 amide bonds. The highest BCUT2D eigenvalue weighted by molar-refractivity contribution is 5.46. The van der Waals surface area contributed by atoms with Crippen molar-refractivity contribution in [2.45, 2.75) is 65.3 Å². The Hall–Kier alpha value is -1.22. The van der Waals surface area contributed by atoms with Crippen LogP contribution in [0.5, 0.6) is 5.75 Å². The molecule has 0 saturated carbocycles. The number of unbranched alkanes of at least 4 members (excludes halogenated alkanes) is 4. The maximum Gasteiger partial charge on any atom is 0.119 e. The van der Waals surface area contributed by atoms with Crippen LogP contribution in [0.3, 0.4) is 0 Å². The average molecular weight is 306 g/mol. The number of benzene rings is 1. The zero-order valence-electron chi connectivity index (χ0n) is 14.7. The summed E-state index contributed by atoms with van der Waals surface area (Å²) in [6.45, 7) is 9.43. The minimum Gasteiger partial charge on any atom is -0.494 e. The van der Waals surface area contributed by atoms with Crippen molar-refractivity contribution < 1.29 is 4.74 Å². The molecule has 3 heteroatoms. The molecule has 0 spiro atoms. The minimum atomic E-state index is 0.593. The molecule has 0 aliphatic rings. The molecule has 1 atom stereocenters. The molecule has 0 saturated heterocycles. The minimum absolute atomic E-state index is 0.593. The first-order valence-electron chi connectivity index (χ1n) is 8.96. The lowest BCUT2D eigenvalue weighted by atomic mass is 10.2. The number of nitrogens with one attached hydrogen (secondary N) is 2. The van der Waals surface area contributed by atoms with E-state index in [2.05, 4.69) is 55.7 Å². The highest BCUT2D eigenvalue weighted by atomic mass is 16.5. The first-order chi connectivity index (χ1) is 10.8. The first kappa shape index (κ1) is 18.8. The summed E-state index contributed by atoms with van der Waals surface area (Å²) >= 11 is 0. The smallest absolute Gasteiger partial charge is 0.119 e. The van der Waals surface area contributed by atoms with Gasteiger partial charge in [-0.2, -0.15) is 0 Å². The fourth-order valence-electron chi connectivity index (χ4n) is 2.23. The van der Waals surface area contributed by atoms with E-state index in [0.717, 1.165) is 37.6 Å². The fourth-order valence-corrected chi connectivity index (χ4v) is 2.23. The van der Waals surface area contributed by atoms with Crippen LogP contribution < -0.4 is 15.4 Å². The van der Waals surface area contributed by atoms with Crippen LogP contribution in [0.15, 0.2) is 24.3 Å². The molecular formula is C19H34N2O. The standard InChI is InChI=1S/C19H34N2O/c1-4-6-7-8-9-16-22-19-12-10-18(11-13-19)21-15-14-20-17(3)5-2/h10-13,17,20-21H,4-9,14-16H2,1-3H3. The van der Waals surface area contributed by atoms with Crippen molar-refractivity contribution in [2.75, 3.05) is 25.0 Å². The molecule has 3 nitrogen and oxygen atoms in total. The first-order valence-corrected chi connectivity index (χ1v) is 8.96. The van der Waals surface area contributed by atoms with Gasteiger partial charge in [-0.15, -0.1) is 0 Å². The molecule has 126 valence electrons. The summed E-state index contributed by atoms with van der Waals surface area (Å²) in [5, 5.41) is 6.90. The number of rotatable bonds is 13. The molecule has 0 aliphatic carbocycles. The predicted octanol–water partition coefficient (Wildman–Crippen LogP) is 4.84. The SMILES string of the molecule is CCCCCCCOc1ccc(NCCNC(C)CC)cc1. The van der Waals surface area contributed by atoms with Gasteiger partial charge in [-0.25, -0.2) is 0 Å². The van der Waals surface area contributed by atoms with E-state index in [1.54, 1.807) is 0 Å². The van der Waals surface area contributed by atoms with Crippen molar-refractivity contribution in [2.24, 2.45) is 0 Å². The normalized spacial score (nSPS) is 12.1. The molecule has 0 heterocycles. The summed E-state index contributed by atoms with van der Waals surface area (Å²) in [6, 6.07) is 8.88. The summed E-state index contributed by atoms with van der Waals surface area (Å²) < 4.78 is 5.77. The van der Waals surface area contributed by atoms with E-state index >= 15 is 0 Å². The maximum atomic E-state index is 5.77. The van der Waals surface area contributed by atoms with Crippen molar-refractivity contribution in [1.29, 1.82) is 0 Å². The fraction of sp³-hybridized carbons (Fsp3) is 0.684. The van der Waals surface area contributed by atoms with Gasteiger partial charge in [-0.1, -0.05) is 39.5 Å². The molecule has 2 N–H and O–H groups in total. The van der Waals surface area contributed by atoms with Crippen LogP contribution in [-0.4, -0.2) is 25.7 Å². The number of ether oxygens (including phenoxy) is 1. The molecule has 1 unspecified atom stereocenters. The van der Waals surface area contributed by atoms with Crippen LogP contribution in [0.25, 0.3) is 0 Å². The van der Waals surface area contributed by atoms with Gasteiger partial charge < -0.3 is 15.4 Å². The van der Waals surface area contributed by atoms with Crippen LogP contribution >= 0.6 is 0 Å². The Bertz CT molecular complexity index is 364.